The summed E-state index contributed by atoms with van der Waals surface area (Å²) in [5.41, 5.74) is 1.37. The number of rotatable bonds is 8. The van der Waals surface area contributed by atoms with Crippen molar-refractivity contribution in [2.24, 2.45) is 4.99 Å². The van der Waals surface area contributed by atoms with E-state index >= 15 is 0 Å². The molecule has 1 aromatic carbocycles. The number of nitrogens with zero attached hydrogens (tertiary/aromatic N) is 2. The highest BCUT2D eigenvalue weighted by molar-refractivity contribution is 7.11. The fourth-order valence-corrected chi connectivity index (χ4v) is 3.36. The van der Waals surface area contributed by atoms with Gasteiger partial charge in [0, 0.05) is 29.9 Å². The molecule has 0 saturated carbocycles. The van der Waals surface area contributed by atoms with Crippen LogP contribution in [0, 0.1) is 0 Å². The number of thiazole rings is 1. The summed E-state index contributed by atoms with van der Waals surface area (Å²) in [4.78, 5) is 22.1. The predicted molar refractivity (Wildman–Crippen MR) is 124 cm³/mol. The molecule has 0 unspecified atom stereocenters. The maximum absolute atomic E-state index is 11.8. The van der Waals surface area contributed by atoms with Gasteiger partial charge in [-0.1, -0.05) is 19.1 Å². The molecule has 0 fully saturated rings. The number of aromatic nitrogens is 1. The maximum Gasteiger partial charge on any atom is 0.412 e. The summed E-state index contributed by atoms with van der Waals surface area (Å²) in [5.74, 6) is 0.786. The van der Waals surface area contributed by atoms with E-state index in [1.54, 1.807) is 11.3 Å². The van der Waals surface area contributed by atoms with Crippen molar-refractivity contribution in [2.75, 3.05) is 18.4 Å². The lowest BCUT2D eigenvalue weighted by molar-refractivity contribution is 0.0636. The molecule has 3 N–H and O–H groups in total. The van der Waals surface area contributed by atoms with Crippen LogP contribution in [-0.2, 0) is 24.1 Å². The van der Waals surface area contributed by atoms with E-state index in [-0.39, 0.29) is 0 Å². The van der Waals surface area contributed by atoms with Crippen LogP contribution in [0.1, 0.15) is 50.1 Å². The second-order valence-electron chi connectivity index (χ2n) is 7.77. The van der Waals surface area contributed by atoms with Crippen LogP contribution in [0.5, 0.6) is 0 Å². The molecular formula is C22H33N5O2S. The Morgan fingerprint density at radius 3 is 2.50 bits per heavy atom. The van der Waals surface area contributed by atoms with Gasteiger partial charge in [0.2, 0.25) is 0 Å². The van der Waals surface area contributed by atoms with Crippen LogP contribution in [0.4, 0.5) is 10.5 Å². The molecule has 0 saturated heterocycles. The van der Waals surface area contributed by atoms with Crippen molar-refractivity contribution in [3.63, 3.8) is 0 Å². The minimum atomic E-state index is -0.515. The monoisotopic (exact) mass is 431 g/mol. The molecule has 1 heterocycles. The number of aryl methyl sites for hydroxylation is 1. The first-order valence-electron chi connectivity index (χ1n) is 10.3. The van der Waals surface area contributed by atoms with Crippen molar-refractivity contribution in [3.05, 3.63) is 45.9 Å². The van der Waals surface area contributed by atoms with Crippen LogP contribution in [0.2, 0.25) is 0 Å². The number of carbonyl (C=O) groups excluding carboxylic acids is 1. The molecular weight excluding hydrogens is 398 g/mol. The minimum Gasteiger partial charge on any atom is -0.444 e. The van der Waals surface area contributed by atoms with Crippen molar-refractivity contribution < 1.29 is 9.53 Å². The van der Waals surface area contributed by atoms with Crippen molar-refractivity contribution in [1.29, 1.82) is 0 Å². The number of nitrogens with one attached hydrogen (secondary N) is 3. The Balaban J connectivity index is 1.81. The lowest BCUT2D eigenvalue weighted by Gasteiger charge is -2.19. The van der Waals surface area contributed by atoms with E-state index in [1.165, 1.54) is 10.4 Å². The number of hydrogen-bond acceptors (Lipinski definition) is 5. The molecule has 0 bridgehead atoms. The van der Waals surface area contributed by atoms with Gasteiger partial charge in [0.25, 0.3) is 0 Å². The van der Waals surface area contributed by atoms with Crippen molar-refractivity contribution in [3.8, 4) is 0 Å². The molecule has 0 spiro atoms. The van der Waals surface area contributed by atoms with E-state index in [4.69, 9.17) is 4.74 Å². The third-order valence-corrected chi connectivity index (χ3v) is 5.10. The maximum atomic E-state index is 11.8. The molecule has 2 rings (SSSR count). The summed E-state index contributed by atoms with van der Waals surface area (Å²) >= 11 is 1.71. The SMILES string of the molecule is CCNC(=NCc1ncc(CC)s1)NCCc1ccc(NC(=O)OC(C)(C)C)cc1. The number of guanidine groups is 1. The zero-order valence-electron chi connectivity index (χ0n) is 18.5. The number of amides is 1. The van der Waals surface area contributed by atoms with Gasteiger partial charge in [0.15, 0.2) is 5.96 Å². The summed E-state index contributed by atoms with van der Waals surface area (Å²) in [5, 5.41) is 10.4. The Morgan fingerprint density at radius 1 is 1.17 bits per heavy atom. The van der Waals surface area contributed by atoms with E-state index in [1.807, 2.05) is 58.2 Å². The summed E-state index contributed by atoms with van der Waals surface area (Å²) in [6, 6.07) is 7.76. The minimum absolute atomic E-state index is 0.449. The van der Waals surface area contributed by atoms with E-state index in [0.717, 1.165) is 36.9 Å². The van der Waals surface area contributed by atoms with Crippen LogP contribution in [0.25, 0.3) is 0 Å². The molecule has 7 nitrogen and oxygen atoms in total. The average molecular weight is 432 g/mol. The molecule has 8 heteroatoms. The molecule has 0 aliphatic rings. The molecule has 0 radical (unpaired) electrons. The number of ether oxygens (including phenoxy) is 1. The van der Waals surface area contributed by atoms with E-state index < -0.39 is 11.7 Å². The first-order chi connectivity index (χ1) is 14.3. The predicted octanol–water partition coefficient (Wildman–Crippen LogP) is 4.35. The van der Waals surface area contributed by atoms with Gasteiger partial charge in [0.1, 0.15) is 10.6 Å². The van der Waals surface area contributed by atoms with Gasteiger partial charge < -0.3 is 15.4 Å². The van der Waals surface area contributed by atoms with Crippen LogP contribution < -0.4 is 16.0 Å². The zero-order chi connectivity index (χ0) is 22.0. The standard InChI is InChI=1S/C22H33N5O2S/c1-6-18-14-25-19(30-18)15-26-20(23-7-2)24-13-12-16-8-10-17(11-9-16)27-21(28)29-22(3,4)5/h8-11,14H,6-7,12-13,15H2,1-5H3,(H,27,28)(H2,23,24,26). The van der Waals surface area contributed by atoms with Gasteiger partial charge in [0.05, 0.1) is 6.54 Å². The molecule has 0 atom stereocenters. The van der Waals surface area contributed by atoms with Gasteiger partial charge in [-0.05, 0) is 58.2 Å². The smallest absolute Gasteiger partial charge is 0.412 e. The number of aliphatic imine (C=N–C) groups is 1. The van der Waals surface area contributed by atoms with Gasteiger partial charge in [-0.15, -0.1) is 11.3 Å². The van der Waals surface area contributed by atoms with Crippen LogP contribution >= 0.6 is 11.3 Å². The van der Waals surface area contributed by atoms with Gasteiger partial charge in [-0.2, -0.15) is 0 Å². The van der Waals surface area contributed by atoms with Crippen molar-refractivity contribution in [1.82, 2.24) is 15.6 Å². The summed E-state index contributed by atoms with van der Waals surface area (Å²) in [6.45, 7) is 11.8. The van der Waals surface area contributed by atoms with Crippen molar-refractivity contribution in [2.45, 2.75) is 59.6 Å². The summed E-state index contributed by atoms with van der Waals surface area (Å²) in [6.07, 6.45) is 3.33. The molecule has 1 amide bonds. The quantitative estimate of drug-likeness (QED) is 0.427. The largest absolute Gasteiger partial charge is 0.444 e. The number of benzene rings is 1. The van der Waals surface area contributed by atoms with Crippen LogP contribution in [-0.4, -0.2) is 35.7 Å². The highest BCUT2D eigenvalue weighted by atomic mass is 32.1. The normalized spacial score (nSPS) is 11.8. The van der Waals surface area contributed by atoms with E-state index in [9.17, 15) is 4.79 Å². The molecule has 0 aliphatic heterocycles. The number of carbonyl (C=O) groups is 1. The Kier molecular flexibility index (Phi) is 9.11. The molecule has 30 heavy (non-hydrogen) atoms. The van der Waals surface area contributed by atoms with Crippen molar-refractivity contribution >= 4 is 29.1 Å². The average Bonchev–Trinajstić information content (AvgIpc) is 3.14. The Bertz CT molecular complexity index is 825. The first-order valence-corrected chi connectivity index (χ1v) is 11.2. The van der Waals surface area contributed by atoms with Gasteiger partial charge in [-0.25, -0.2) is 14.8 Å². The van der Waals surface area contributed by atoms with Gasteiger partial charge >= 0.3 is 6.09 Å². The molecule has 164 valence electrons. The molecule has 0 aliphatic carbocycles. The first kappa shape index (κ1) is 23.7. The van der Waals surface area contributed by atoms with Crippen LogP contribution in [0.3, 0.4) is 0 Å². The lowest BCUT2D eigenvalue weighted by Crippen LogP contribution is -2.38. The van der Waals surface area contributed by atoms with Crippen LogP contribution in [0.15, 0.2) is 35.5 Å². The highest BCUT2D eigenvalue weighted by Crippen LogP contribution is 2.14. The third kappa shape index (κ3) is 8.82. The van der Waals surface area contributed by atoms with E-state index in [2.05, 4.69) is 32.9 Å². The highest BCUT2D eigenvalue weighted by Gasteiger charge is 2.16. The fourth-order valence-electron chi connectivity index (χ4n) is 2.57. The summed E-state index contributed by atoms with van der Waals surface area (Å²) < 4.78 is 5.26. The lowest BCUT2D eigenvalue weighted by atomic mass is 10.1. The second kappa shape index (κ2) is 11.5. The number of anilines is 1. The Labute approximate surface area is 183 Å². The Morgan fingerprint density at radius 2 is 1.90 bits per heavy atom. The topological polar surface area (TPSA) is 87.6 Å². The summed E-state index contributed by atoms with van der Waals surface area (Å²) in [7, 11) is 0. The second-order valence-corrected chi connectivity index (χ2v) is 8.97. The molecule has 1 aromatic heterocycles. The fraction of sp³-hybridized carbons (Fsp3) is 0.500. The zero-order valence-corrected chi connectivity index (χ0v) is 19.4. The number of hydrogen-bond donors (Lipinski definition) is 3. The third-order valence-electron chi connectivity index (χ3n) is 3.97. The Hall–Kier alpha value is -2.61. The molecule has 2 aromatic rings. The van der Waals surface area contributed by atoms with Gasteiger partial charge in [-0.3, -0.25) is 5.32 Å². The van der Waals surface area contributed by atoms with E-state index in [0.29, 0.717) is 12.2 Å².